The Morgan fingerprint density at radius 1 is 1.17 bits per heavy atom. The fourth-order valence-electron chi connectivity index (χ4n) is 2.82. The Morgan fingerprint density at radius 3 is 2.52 bits per heavy atom. The fourth-order valence-corrected chi connectivity index (χ4v) is 3.98. The highest BCUT2D eigenvalue weighted by molar-refractivity contribution is 8.15. The zero-order valence-corrected chi connectivity index (χ0v) is 16.9. The number of nitrogens with zero attached hydrogens (tertiary/aromatic N) is 2. The third-order valence-corrected chi connectivity index (χ3v) is 5.31. The van der Waals surface area contributed by atoms with E-state index in [1.807, 2.05) is 13.8 Å². The van der Waals surface area contributed by atoms with Gasteiger partial charge in [-0.3, -0.25) is 14.5 Å². The van der Waals surface area contributed by atoms with E-state index in [1.165, 1.54) is 54.2 Å². The molecular weight excluding hydrogens is 396 g/mol. The van der Waals surface area contributed by atoms with Crippen LogP contribution in [0.5, 0.6) is 0 Å². The highest BCUT2D eigenvalue weighted by Crippen LogP contribution is 2.32. The lowest BCUT2D eigenvalue weighted by Crippen LogP contribution is -2.36. The summed E-state index contributed by atoms with van der Waals surface area (Å²) in [5, 5.41) is 2.32. The van der Waals surface area contributed by atoms with Crippen molar-refractivity contribution in [1.82, 2.24) is 4.90 Å². The predicted molar refractivity (Wildman–Crippen MR) is 111 cm³/mol. The van der Waals surface area contributed by atoms with Crippen LogP contribution in [0, 0.1) is 17.6 Å². The molecule has 5 nitrogen and oxygen atoms in total. The third-order valence-electron chi connectivity index (χ3n) is 4.14. The molecule has 2 amide bonds. The first-order valence-electron chi connectivity index (χ1n) is 9.20. The number of halogens is 2. The van der Waals surface area contributed by atoms with Crippen molar-refractivity contribution in [3.05, 3.63) is 60.2 Å². The molecule has 1 atom stereocenters. The van der Waals surface area contributed by atoms with E-state index in [4.69, 9.17) is 0 Å². The van der Waals surface area contributed by atoms with Crippen LogP contribution in [-0.4, -0.2) is 33.7 Å². The number of carbonyl (C=O) groups excluding carboxylic acids is 2. The molecule has 0 saturated carbocycles. The van der Waals surface area contributed by atoms with Crippen molar-refractivity contribution in [1.29, 1.82) is 0 Å². The molecule has 0 bridgehead atoms. The Labute approximate surface area is 172 Å². The van der Waals surface area contributed by atoms with E-state index < -0.39 is 17.0 Å². The van der Waals surface area contributed by atoms with Crippen molar-refractivity contribution >= 4 is 40.1 Å². The van der Waals surface area contributed by atoms with E-state index in [0.717, 1.165) is 0 Å². The highest BCUT2D eigenvalue weighted by atomic mass is 32.2. The van der Waals surface area contributed by atoms with Crippen molar-refractivity contribution < 1.29 is 18.4 Å². The number of hydrogen-bond donors (Lipinski definition) is 1. The van der Waals surface area contributed by atoms with Crippen molar-refractivity contribution in [2.45, 2.75) is 25.5 Å². The third kappa shape index (κ3) is 5.41. The van der Waals surface area contributed by atoms with Gasteiger partial charge in [0.2, 0.25) is 11.8 Å². The zero-order valence-electron chi connectivity index (χ0n) is 16.1. The second kappa shape index (κ2) is 9.17. The molecule has 1 heterocycles. The lowest BCUT2D eigenvalue weighted by Gasteiger charge is -2.18. The normalized spacial score (nSPS) is 18.0. The minimum atomic E-state index is -0.653. The molecule has 3 rings (SSSR count). The van der Waals surface area contributed by atoms with Crippen molar-refractivity contribution in [3.8, 4) is 0 Å². The molecule has 1 aliphatic heterocycles. The summed E-state index contributed by atoms with van der Waals surface area (Å²) < 4.78 is 26.9. The van der Waals surface area contributed by atoms with Gasteiger partial charge in [0.25, 0.3) is 0 Å². The van der Waals surface area contributed by atoms with Crippen molar-refractivity contribution in [2.75, 3.05) is 11.9 Å². The second-order valence-corrected chi connectivity index (χ2v) is 8.22. The summed E-state index contributed by atoms with van der Waals surface area (Å²) in [5.74, 6) is -1.37. The summed E-state index contributed by atoms with van der Waals surface area (Å²) in [4.78, 5) is 31.2. The Bertz CT molecular complexity index is 932. The van der Waals surface area contributed by atoms with Crippen LogP contribution in [0.25, 0.3) is 0 Å². The maximum absolute atomic E-state index is 13.7. The minimum absolute atomic E-state index is 0.0761. The van der Waals surface area contributed by atoms with E-state index in [9.17, 15) is 18.4 Å². The Kier molecular flexibility index (Phi) is 6.64. The van der Waals surface area contributed by atoms with Crippen LogP contribution < -0.4 is 5.32 Å². The van der Waals surface area contributed by atoms with Crippen LogP contribution in [0.15, 0.2) is 53.5 Å². The average molecular weight is 417 g/mol. The quantitative estimate of drug-likeness (QED) is 0.748. The highest BCUT2D eigenvalue weighted by Gasteiger charge is 2.39. The van der Waals surface area contributed by atoms with Gasteiger partial charge in [-0.25, -0.2) is 13.8 Å². The molecule has 1 saturated heterocycles. The number of nitrogens with one attached hydrogen (secondary N) is 1. The molecule has 0 aromatic heterocycles. The maximum Gasteiger partial charge on any atom is 0.242 e. The SMILES string of the molecule is CC(C)CN1C(=O)[C@@H](CC(=O)Nc2ccccc2F)SC1=Nc1ccc(F)cc1. The monoisotopic (exact) mass is 417 g/mol. The first-order chi connectivity index (χ1) is 13.8. The summed E-state index contributed by atoms with van der Waals surface area (Å²) in [6.07, 6.45) is -0.102. The first kappa shape index (κ1) is 21.0. The van der Waals surface area contributed by atoms with Gasteiger partial charge < -0.3 is 5.32 Å². The van der Waals surface area contributed by atoms with Gasteiger partial charge in [-0.1, -0.05) is 37.7 Å². The number of benzene rings is 2. The number of hydrogen-bond acceptors (Lipinski definition) is 4. The molecule has 2 aromatic rings. The Balaban J connectivity index is 1.76. The average Bonchev–Trinajstić information content (AvgIpc) is 2.94. The number of anilines is 1. The maximum atomic E-state index is 13.7. The second-order valence-electron chi connectivity index (χ2n) is 7.05. The minimum Gasteiger partial charge on any atom is -0.324 e. The number of amides is 2. The summed E-state index contributed by atoms with van der Waals surface area (Å²) in [6.45, 7) is 4.41. The molecule has 8 heteroatoms. The lowest BCUT2D eigenvalue weighted by atomic mass is 10.2. The van der Waals surface area contributed by atoms with E-state index in [0.29, 0.717) is 17.4 Å². The molecule has 1 fully saturated rings. The summed E-state index contributed by atoms with van der Waals surface area (Å²) in [6, 6.07) is 11.5. The topological polar surface area (TPSA) is 61.8 Å². The molecule has 1 N–H and O–H groups in total. The van der Waals surface area contributed by atoms with Crippen molar-refractivity contribution in [2.24, 2.45) is 10.9 Å². The number of para-hydroxylation sites is 1. The summed E-state index contributed by atoms with van der Waals surface area (Å²) >= 11 is 1.19. The van der Waals surface area contributed by atoms with E-state index in [2.05, 4.69) is 10.3 Å². The van der Waals surface area contributed by atoms with E-state index in [-0.39, 0.29) is 29.8 Å². The molecule has 0 radical (unpaired) electrons. The van der Waals surface area contributed by atoms with Gasteiger partial charge in [0.05, 0.1) is 11.4 Å². The largest absolute Gasteiger partial charge is 0.324 e. The van der Waals surface area contributed by atoms with Crippen LogP contribution in [0.2, 0.25) is 0 Å². The van der Waals surface area contributed by atoms with E-state index in [1.54, 1.807) is 11.0 Å². The summed E-state index contributed by atoms with van der Waals surface area (Å²) in [7, 11) is 0. The molecule has 1 aliphatic rings. The molecule has 152 valence electrons. The van der Waals surface area contributed by atoms with Crippen LogP contribution in [0.3, 0.4) is 0 Å². The van der Waals surface area contributed by atoms with Gasteiger partial charge in [0.1, 0.15) is 16.9 Å². The van der Waals surface area contributed by atoms with Crippen LogP contribution in [0.1, 0.15) is 20.3 Å². The zero-order chi connectivity index (χ0) is 21.0. The first-order valence-corrected chi connectivity index (χ1v) is 10.1. The number of carbonyl (C=O) groups is 2. The fraction of sp³-hybridized carbons (Fsp3) is 0.286. The predicted octanol–water partition coefficient (Wildman–Crippen LogP) is 4.58. The lowest BCUT2D eigenvalue weighted by molar-refractivity contribution is -0.128. The van der Waals surface area contributed by atoms with Gasteiger partial charge >= 0.3 is 0 Å². The van der Waals surface area contributed by atoms with Crippen LogP contribution in [0.4, 0.5) is 20.2 Å². The standard InChI is InChI=1S/C21H21F2N3O2S/c1-13(2)12-26-20(28)18(11-19(27)25-17-6-4-3-5-16(17)23)29-21(26)24-15-9-7-14(22)8-10-15/h3-10,13,18H,11-12H2,1-2H3,(H,25,27)/t18-/m1/s1. The smallest absolute Gasteiger partial charge is 0.242 e. The molecule has 0 aliphatic carbocycles. The molecule has 29 heavy (non-hydrogen) atoms. The van der Waals surface area contributed by atoms with Gasteiger partial charge in [0, 0.05) is 13.0 Å². The Hall–Kier alpha value is -2.74. The summed E-state index contributed by atoms with van der Waals surface area (Å²) in [5.41, 5.74) is 0.596. The number of aliphatic imine (C=N–C) groups is 1. The number of amidine groups is 1. The van der Waals surface area contributed by atoms with Gasteiger partial charge in [-0.2, -0.15) is 0 Å². The molecule has 0 spiro atoms. The van der Waals surface area contributed by atoms with E-state index >= 15 is 0 Å². The Morgan fingerprint density at radius 2 is 1.86 bits per heavy atom. The van der Waals surface area contributed by atoms with Crippen LogP contribution >= 0.6 is 11.8 Å². The molecule has 0 unspecified atom stereocenters. The van der Waals surface area contributed by atoms with Gasteiger partial charge in [0.15, 0.2) is 5.17 Å². The molecule has 2 aromatic carbocycles. The number of thioether (sulfide) groups is 1. The van der Waals surface area contributed by atoms with Gasteiger partial charge in [-0.05, 0) is 42.3 Å². The van der Waals surface area contributed by atoms with Crippen molar-refractivity contribution in [3.63, 3.8) is 0 Å². The molecular formula is C21H21F2N3O2S. The van der Waals surface area contributed by atoms with Gasteiger partial charge in [-0.15, -0.1) is 0 Å². The number of rotatable bonds is 6. The van der Waals surface area contributed by atoms with Crippen LogP contribution in [-0.2, 0) is 9.59 Å².